The van der Waals surface area contributed by atoms with Gasteiger partial charge in [-0.3, -0.25) is 20.1 Å². The lowest BCUT2D eigenvalue weighted by Crippen LogP contribution is -2.37. The molecule has 0 aliphatic heterocycles. The van der Waals surface area contributed by atoms with Crippen molar-refractivity contribution in [1.82, 2.24) is 20.6 Å². The molecular formula is C23H26N4O4. The maximum absolute atomic E-state index is 13.2. The Morgan fingerprint density at radius 1 is 0.839 bits per heavy atom. The van der Waals surface area contributed by atoms with Gasteiger partial charge in [0, 0.05) is 37.9 Å². The molecule has 0 saturated heterocycles. The van der Waals surface area contributed by atoms with Crippen LogP contribution in [0.5, 0.6) is 17.2 Å². The fraction of sp³-hybridized carbons (Fsp3) is 0.261. The highest BCUT2D eigenvalue weighted by Crippen LogP contribution is 2.39. The van der Waals surface area contributed by atoms with Crippen molar-refractivity contribution < 1.29 is 19.0 Å². The molecule has 3 aromatic rings. The molecule has 162 valence electrons. The molecule has 1 amide bonds. The van der Waals surface area contributed by atoms with Crippen molar-refractivity contribution in [2.75, 3.05) is 21.3 Å². The van der Waals surface area contributed by atoms with Gasteiger partial charge in [0.15, 0.2) is 11.5 Å². The lowest BCUT2D eigenvalue weighted by atomic mass is 10.0. The first-order chi connectivity index (χ1) is 15.2. The van der Waals surface area contributed by atoms with Gasteiger partial charge in [-0.05, 0) is 53.1 Å². The standard InChI is InChI=1S/C23H26N4O4/c1-29-19-12-18(13-20(30-2)22(19)31-3)21(26-14-16-4-8-24-9-5-16)23(28)27-15-17-6-10-25-11-7-17/h4-13,21,26H,14-15H2,1-3H3,(H,27,28). The summed E-state index contributed by atoms with van der Waals surface area (Å²) in [5.41, 5.74) is 2.66. The van der Waals surface area contributed by atoms with Crippen LogP contribution in [-0.2, 0) is 17.9 Å². The third-order valence-electron chi connectivity index (χ3n) is 4.76. The minimum absolute atomic E-state index is 0.180. The van der Waals surface area contributed by atoms with Crippen LogP contribution in [0.2, 0.25) is 0 Å². The Morgan fingerprint density at radius 2 is 1.35 bits per heavy atom. The maximum atomic E-state index is 13.2. The van der Waals surface area contributed by atoms with Gasteiger partial charge in [0.25, 0.3) is 0 Å². The molecule has 2 heterocycles. The number of ether oxygens (including phenoxy) is 3. The summed E-state index contributed by atoms with van der Waals surface area (Å²) in [6.07, 6.45) is 6.82. The quantitative estimate of drug-likeness (QED) is 0.519. The van der Waals surface area contributed by atoms with E-state index in [1.165, 1.54) is 0 Å². The van der Waals surface area contributed by atoms with E-state index in [0.717, 1.165) is 11.1 Å². The monoisotopic (exact) mass is 422 g/mol. The summed E-state index contributed by atoms with van der Waals surface area (Å²) in [6.45, 7) is 0.867. The van der Waals surface area contributed by atoms with Gasteiger partial charge in [0.2, 0.25) is 11.7 Å². The van der Waals surface area contributed by atoms with Gasteiger partial charge >= 0.3 is 0 Å². The second-order valence-electron chi connectivity index (χ2n) is 6.70. The molecule has 0 radical (unpaired) electrons. The van der Waals surface area contributed by atoms with Gasteiger partial charge < -0.3 is 19.5 Å². The summed E-state index contributed by atoms with van der Waals surface area (Å²) in [6, 6.07) is 10.4. The first-order valence-corrected chi connectivity index (χ1v) is 9.75. The normalized spacial score (nSPS) is 11.5. The minimum Gasteiger partial charge on any atom is -0.493 e. The summed E-state index contributed by atoms with van der Waals surface area (Å²) >= 11 is 0. The number of nitrogens with one attached hydrogen (secondary N) is 2. The molecule has 0 bridgehead atoms. The van der Waals surface area contributed by atoms with Crippen LogP contribution < -0.4 is 24.8 Å². The summed E-state index contributed by atoms with van der Waals surface area (Å²) < 4.78 is 16.3. The van der Waals surface area contributed by atoms with Gasteiger partial charge in [-0.2, -0.15) is 0 Å². The molecular weight excluding hydrogens is 396 g/mol. The van der Waals surface area contributed by atoms with Crippen LogP contribution in [-0.4, -0.2) is 37.2 Å². The molecule has 1 aromatic carbocycles. The minimum atomic E-state index is -0.649. The number of aromatic nitrogens is 2. The van der Waals surface area contributed by atoms with Crippen LogP contribution in [0, 0.1) is 0 Å². The molecule has 31 heavy (non-hydrogen) atoms. The number of methoxy groups -OCH3 is 3. The molecule has 0 spiro atoms. The topological polar surface area (TPSA) is 94.6 Å². The Morgan fingerprint density at radius 3 is 1.84 bits per heavy atom. The van der Waals surface area contributed by atoms with Crippen LogP contribution in [0.15, 0.2) is 61.2 Å². The Balaban J connectivity index is 1.88. The zero-order chi connectivity index (χ0) is 22.1. The van der Waals surface area contributed by atoms with Crippen molar-refractivity contribution in [1.29, 1.82) is 0 Å². The van der Waals surface area contributed by atoms with Crippen LogP contribution in [0.4, 0.5) is 0 Å². The van der Waals surface area contributed by atoms with Crippen LogP contribution in [0.3, 0.4) is 0 Å². The average molecular weight is 422 g/mol. The fourth-order valence-electron chi connectivity index (χ4n) is 3.14. The van der Waals surface area contributed by atoms with Crippen molar-refractivity contribution in [3.05, 3.63) is 77.9 Å². The summed E-state index contributed by atoms with van der Waals surface area (Å²) in [5.74, 6) is 1.25. The maximum Gasteiger partial charge on any atom is 0.242 e. The molecule has 2 aromatic heterocycles. The number of nitrogens with zero attached hydrogens (tertiary/aromatic N) is 2. The van der Waals surface area contributed by atoms with Crippen LogP contribution in [0.1, 0.15) is 22.7 Å². The van der Waals surface area contributed by atoms with Crippen molar-refractivity contribution in [3.8, 4) is 17.2 Å². The number of benzene rings is 1. The van der Waals surface area contributed by atoms with Gasteiger partial charge in [0.1, 0.15) is 6.04 Å². The van der Waals surface area contributed by atoms with Gasteiger partial charge in [-0.25, -0.2) is 0 Å². The zero-order valence-electron chi connectivity index (χ0n) is 17.8. The predicted octanol–water partition coefficient (Wildman–Crippen LogP) is 2.65. The molecule has 0 saturated carbocycles. The van der Waals surface area contributed by atoms with Crippen molar-refractivity contribution in [3.63, 3.8) is 0 Å². The van der Waals surface area contributed by atoms with Crippen molar-refractivity contribution >= 4 is 5.91 Å². The number of pyridine rings is 2. The van der Waals surface area contributed by atoms with E-state index in [1.54, 1.807) is 58.2 Å². The smallest absolute Gasteiger partial charge is 0.242 e. The van der Waals surface area contributed by atoms with E-state index in [-0.39, 0.29) is 5.91 Å². The predicted molar refractivity (Wildman–Crippen MR) is 116 cm³/mol. The van der Waals surface area contributed by atoms with E-state index in [9.17, 15) is 4.79 Å². The number of rotatable bonds is 10. The molecule has 8 nitrogen and oxygen atoms in total. The molecule has 1 unspecified atom stereocenters. The Hall–Kier alpha value is -3.65. The van der Waals surface area contributed by atoms with Gasteiger partial charge in [-0.1, -0.05) is 0 Å². The summed E-state index contributed by atoms with van der Waals surface area (Å²) in [7, 11) is 4.63. The third-order valence-corrected chi connectivity index (χ3v) is 4.76. The Kier molecular flexibility index (Phi) is 7.78. The number of hydrogen-bond donors (Lipinski definition) is 2. The molecule has 0 fully saturated rings. The van der Waals surface area contributed by atoms with E-state index in [0.29, 0.717) is 35.9 Å². The lowest BCUT2D eigenvalue weighted by Gasteiger charge is -2.21. The van der Waals surface area contributed by atoms with E-state index < -0.39 is 6.04 Å². The van der Waals surface area contributed by atoms with E-state index in [1.807, 2.05) is 24.3 Å². The van der Waals surface area contributed by atoms with E-state index in [4.69, 9.17) is 14.2 Å². The largest absolute Gasteiger partial charge is 0.493 e. The van der Waals surface area contributed by atoms with Crippen molar-refractivity contribution in [2.24, 2.45) is 0 Å². The van der Waals surface area contributed by atoms with E-state index in [2.05, 4.69) is 20.6 Å². The second kappa shape index (κ2) is 10.9. The second-order valence-corrected chi connectivity index (χ2v) is 6.70. The van der Waals surface area contributed by atoms with Crippen LogP contribution in [0.25, 0.3) is 0 Å². The molecule has 3 rings (SSSR count). The molecule has 2 N–H and O–H groups in total. The summed E-state index contributed by atoms with van der Waals surface area (Å²) in [5, 5.41) is 6.31. The zero-order valence-corrected chi connectivity index (χ0v) is 17.8. The van der Waals surface area contributed by atoms with Gasteiger partial charge in [0.05, 0.1) is 21.3 Å². The lowest BCUT2D eigenvalue weighted by molar-refractivity contribution is -0.123. The third kappa shape index (κ3) is 5.70. The molecule has 8 heteroatoms. The van der Waals surface area contributed by atoms with Crippen molar-refractivity contribution in [2.45, 2.75) is 19.1 Å². The Labute approximate surface area is 181 Å². The average Bonchev–Trinajstić information content (AvgIpc) is 2.83. The van der Waals surface area contributed by atoms with E-state index >= 15 is 0 Å². The SMILES string of the molecule is COc1cc(C(NCc2ccncc2)C(=O)NCc2ccncc2)cc(OC)c1OC. The number of hydrogen-bond acceptors (Lipinski definition) is 7. The molecule has 0 aliphatic carbocycles. The number of amides is 1. The van der Waals surface area contributed by atoms with Crippen LogP contribution >= 0.6 is 0 Å². The Bertz CT molecular complexity index is 958. The highest BCUT2D eigenvalue weighted by atomic mass is 16.5. The molecule has 0 aliphatic rings. The molecule has 1 atom stereocenters. The first-order valence-electron chi connectivity index (χ1n) is 9.75. The fourth-order valence-corrected chi connectivity index (χ4v) is 3.14. The van der Waals surface area contributed by atoms with Gasteiger partial charge in [-0.15, -0.1) is 0 Å². The number of carbonyl (C=O) groups excluding carboxylic acids is 1. The first kappa shape index (κ1) is 22.0. The highest BCUT2D eigenvalue weighted by molar-refractivity contribution is 5.83. The highest BCUT2D eigenvalue weighted by Gasteiger charge is 2.24. The number of carbonyl (C=O) groups is 1. The summed E-state index contributed by atoms with van der Waals surface area (Å²) in [4.78, 5) is 21.2.